The van der Waals surface area contributed by atoms with Crippen molar-refractivity contribution in [1.82, 2.24) is 5.32 Å². The Labute approximate surface area is 168 Å². The maximum atomic E-state index is 13.3. The molecule has 1 aromatic carbocycles. The molecule has 4 aliphatic carbocycles. The summed E-state index contributed by atoms with van der Waals surface area (Å²) in [6.45, 7) is 2.60. The number of rotatable bonds is 4. The molecule has 28 heavy (non-hydrogen) atoms. The smallest absolute Gasteiger partial charge is 0.322 e. The summed E-state index contributed by atoms with van der Waals surface area (Å²) in [5, 5.41) is 23.4. The van der Waals surface area contributed by atoms with Crippen LogP contribution in [-0.2, 0) is 0 Å². The standard InChI is InChI=1S/C23H34N2O3/c1-22(28)10-8-18(9-11-22)24-21(27)25(19-3-2-4-20(26)15-19)16-23-12-5-17(6-13-23)7-14-23/h2-4,15,17-18,26,28H,5-14,16H2,1H3,(H,24,27). The summed E-state index contributed by atoms with van der Waals surface area (Å²) in [4.78, 5) is 15.2. The Balaban J connectivity index is 1.50. The highest BCUT2D eigenvalue weighted by Crippen LogP contribution is 2.51. The average molecular weight is 387 g/mol. The second kappa shape index (κ2) is 7.58. The van der Waals surface area contributed by atoms with Gasteiger partial charge >= 0.3 is 6.03 Å². The summed E-state index contributed by atoms with van der Waals surface area (Å²) in [6, 6.07) is 7.09. The Hall–Kier alpha value is -1.75. The number of amides is 2. The molecular formula is C23H34N2O3. The predicted molar refractivity (Wildman–Crippen MR) is 110 cm³/mol. The zero-order valence-electron chi connectivity index (χ0n) is 17.0. The molecule has 0 aromatic heterocycles. The van der Waals surface area contributed by atoms with E-state index >= 15 is 0 Å². The molecule has 3 N–H and O–H groups in total. The van der Waals surface area contributed by atoms with Crippen LogP contribution >= 0.6 is 0 Å². The van der Waals surface area contributed by atoms with Gasteiger partial charge in [0.15, 0.2) is 0 Å². The Morgan fingerprint density at radius 1 is 1.11 bits per heavy atom. The summed E-state index contributed by atoms with van der Waals surface area (Å²) in [6.07, 6.45) is 10.5. The average Bonchev–Trinajstić information content (AvgIpc) is 2.69. The maximum Gasteiger partial charge on any atom is 0.322 e. The minimum Gasteiger partial charge on any atom is -0.508 e. The van der Waals surface area contributed by atoms with Crippen LogP contribution in [0, 0.1) is 11.3 Å². The number of aromatic hydroxyl groups is 1. The van der Waals surface area contributed by atoms with Crippen molar-refractivity contribution in [3.8, 4) is 5.75 Å². The monoisotopic (exact) mass is 386 g/mol. The van der Waals surface area contributed by atoms with Crippen LogP contribution < -0.4 is 10.2 Å². The molecule has 0 spiro atoms. The fourth-order valence-corrected chi connectivity index (χ4v) is 5.49. The number of nitrogens with zero attached hydrogens (tertiary/aromatic N) is 1. The van der Waals surface area contributed by atoms with E-state index in [0.29, 0.717) is 0 Å². The molecule has 154 valence electrons. The number of nitrogens with one attached hydrogen (secondary N) is 1. The second-order valence-corrected chi connectivity index (χ2v) is 9.81. The van der Waals surface area contributed by atoms with Crippen molar-refractivity contribution in [3.63, 3.8) is 0 Å². The lowest BCUT2D eigenvalue weighted by Gasteiger charge is -2.48. The van der Waals surface area contributed by atoms with Crippen LogP contribution in [0.5, 0.6) is 5.75 Å². The van der Waals surface area contributed by atoms with E-state index in [1.807, 2.05) is 17.9 Å². The largest absolute Gasteiger partial charge is 0.508 e. The first-order chi connectivity index (χ1) is 13.3. The zero-order valence-corrected chi connectivity index (χ0v) is 17.0. The molecular weight excluding hydrogens is 352 g/mol. The molecule has 4 fully saturated rings. The number of phenolic OH excluding ortho intramolecular Hbond substituents is 1. The van der Waals surface area contributed by atoms with Gasteiger partial charge in [-0.1, -0.05) is 6.07 Å². The predicted octanol–water partition coefficient (Wildman–Crippen LogP) is 4.57. The third-order valence-electron chi connectivity index (χ3n) is 7.52. The molecule has 5 heteroatoms. The molecule has 0 heterocycles. The maximum absolute atomic E-state index is 13.3. The van der Waals surface area contributed by atoms with E-state index in [2.05, 4.69) is 5.32 Å². The van der Waals surface area contributed by atoms with Gasteiger partial charge in [-0.3, -0.25) is 4.90 Å². The number of phenols is 1. The van der Waals surface area contributed by atoms with Gasteiger partial charge in [-0.25, -0.2) is 4.79 Å². The van der Waals surface area contributed by atoms with Gasteiger partial charge in [0.25, 0.3) is 0 Å². The minimum atomic E-state index is -0.605. The Morgan fingerprint density at radius 3 is 2.36 bits per heavy atom. The van der Waals surface area contributed by atoms with Crippen LogP contribution in [0.4, 0.5) is 10.5 Å². The van der Waals surface area contributed by atoms with Crippen molar-refractivity contribution in [1.29, 1.82) is 0 Å². The quantitative estimate of drug-likeness (QED) is 0.709. The number of carbonyl (C=O) groups is 1. The first kappa shape index (κ1) is 19.6. The van der Waals surface area contributed by atoms with Crippen molar-refractivity contribution in [3.05, 3.63) is 24.3 Å². The summed E-state index contributed by atoms with van der Waals surface area (Å²) in [7, 11) is 0. The zero-order chi connectivity index (χ0) is 19.8. The number of aliphatic hydroxyl groups is 1. The molecule has 5 nitrogen and oxygen atoms in total. The summed E-state index contributed by atoms with van der Waals surface area (Å²) in [5.41, 5.74) is 0.377. The first-order valence-electron chi connectivity index (χ1n) is 10.9. The second-order valence-electron chi connectivity index (χ2n) is 9.81. The van der Waals surface area contributed by atoms with Gasteiger partial charge in [0.05, 0.1) is 5.60 Å². The van der Waals surface area contributed by atoms with Gasteiger partial charge in [0, 0.05) is 24.3 Å². The number of carbonyl (C=O) groups excluding carboxylic acids is 1. The molecule has 2 bridgehead atoms. The van der Waals surface area contributed by atoms with Gasteiger partial charge in [0.2, 0.25) is 0 Å². The molecule has 0 atom stereocenters. The van der Waals surface area contributed by atoms with E-state index in [1.165, 1.54) is 38.5 Å². The van der Waals surface area contributed by atoms with Crippen LogP contribution in [-0.4, -0.2) is 34.4 Å². The van der Waals surface area contributed by atoms with E-state index in [1.54, 1.807) is 18.2 Å². The topological polar surface area (TPSA) is 72.8 Å². The Morgan fingerprint density at radius 2 is 1.75 bits per heavy atom. The van der Waals surface area contributed by atoms with Gasteiger partial charge in [-0.15, -0.1) is 0 Å². The highest BCUT2D eigenvalue weighted by molar-refractivity contribution is 5.92. The lowest BCUT2D eigenvalue weighted by molar-refractivity contribution is 0.0152. The van der Waals surface area contributed by atoms with E-state index in [0.717, 1.165) is 43.8 Å². The lowest BCUT2D eigenvalue weighted by Crippen LogP contribution is -2.52. The van der Waals surface area contributed by atoms with Crippen molar-refractivity contribution in [2.75, 3.05) is 11.4 Å². The number of fused-ring (bicyclic) bond motifs is 3. The van der Waals surface area contributed by atoms with Gasteiger partial charge < -0.3 is 15.5 Å². The van der Waals surface area contributed by atoms with Crippen molar-refractivity contribution < 1.29 is 15.0 Å². The van der Waals surface area contributed by atoms with Crippen LogP contribution in [0.25, 0.3) is 0 Å². The number of benzene rings is 1. The third-order valence-corrected chi connectivity index (χ3v) is 7.52. The number of hydrogen-bond donors (Lipinski definition) is 3. The molecule has 0 saturated heterocycles. The fraction of sp³-hybridized carbons (Fsp3) is 0.696. The van der Waals surface area contributed by atoms with Gasteiger partial charge in [-0.2, -0.15) is 0 Å². The molecule has 4 saturated carbocycles. The van der Waals surface area contributed by atoms with Crippen molar-refractivity contribution >= 4 is 11.7 Å². The highest BCUT2D eigenvalue weighted by atomic mass is 16.3. The number of urea groups is 1. The van der Waals surface area contributed by atoms with E-state index in [-0.39, 0.29) is 23.2 Å². The number of hydrogen-bond acceptors (Lipinski definition) is 3. The third kappa shape index (κ3) is 4.29. The molecule has 0 unspecified atom stereocenters. The van der Waals surface area contributed by atoms with Crippen LogP contribution in [0.3, 0.4) is 0 Å². The molecule has 1 aromatic rings. The Bertz CT molecular complexity index is 686. The molecule has 4 aliphatic rings. The van der Waals surface area contributed by atoms with Crippen LogP contribution in [0.1, 0.15) is 71.1 Å². The van der Waals surface area contributed by atoms with Crippen LogP contribution in [0.2, 0.25) is 0 Å². The Kier molecular flexibility index (Phi) is 5.30. The van der Waals surface area contributed by atoms with Gasteiger partial charge in [-0.05, 0) is 94.6 Å². The van der Waals surface area contributed by atoms with E-state index in [4.69, 9.17) is 0 Å². The van der Waals surface area contributed by atoms with E-state index in [9.17, 15) is 15.0 Å². The summed E-state index contributed by atoms with van der Waals surface area (Å²) < 4.78 is 0. The molecule has 5 rings (SSSR count). The van der Waals surface area contributed by atoms with Crippen molar-refractivity contribution in [2.24, 2.45) is 11.3 Å². The van der Waals surface area contributed by atoms with Gasteiger partial charge in [0.1, 0.15) is 5.75 Å². The summed E-state index contributed by atoms with van der Waals surface area (Å²) >= 11 is 0. The first-order valence-corrected chi connectivity index (χ1v) is 10.9. The molecule has 0 radical (unpaired) electrons. The van der Waals surface area contributed by atoms with E-state index < -0.39 is 5.60 Å². The number of anilines is 1. The van der Waals surface area contributed by atoms with Crippen LogP contribution in [0.15, 0.2) is 24.3 Å². The fourth-order valence-electron chi connectivity index (χ4n) is 5.49. The normalized spacial score (nSPS) is 34.8. The molecule has 2 amide bonds. The summed E-state index contributed by atoms with van der Waals surface area (Å²) in [5.74, 6) is 1.08. The van der Waals surface area contributed by atoms with Crippen molar-refractivity contribution in [2.45, 2.75) is 82.8 Å². The SMILES string of the molecule is CC1(O)CCC(NC(=O)N(CC23CCC(CC2)CC3)c2cccc(O)c2)CC1. The highest BCUT2D eigenvalue weighted by Gasteiger charge is 2.42. The molecule has 0 aliphatic heterocycles. The minimum absolute atomic E-state index is 0.0702. The lowest BCUT2D eigenvalue weighted by atomic mass is 9.60.